The number of carbonyl (C=O) groups excluding carboxylic acids is 2. The maximum absolute atomic E-state index is 12.3. The lowest BCUT2D eigenvalue weighted by Gasteiger charge is -2.27. The number of nitrogens with zero attached hydrogens (tertiary/aromatic N) is 2. The third-order valence-electron chi connectivity index (χ3n) is 4.18. The lowest BCUT2D eigenvalue weighted by Crippen LogP contribution is -2.43. The Hall–Kier alpha value is -3.15. The fourth-order valence-electron chi connectivity index (χ4n) is 2.84. The molecule has 0 spiro atoms. The van der Waals surface area contributed by atoms with Crippen molar-refractivity contribution in [2.75, 3.05) is 13.2 Å². The Balaban J connectivity index is 1.54. The van der Waals surface area contributed by atoms with Crippen LogP contribution < -0.4 is 10.2 Å². The number of carbonyl (C=O) groups is 2. The molecule has 0 aliphatic carbocycles. The van der Waals surface area contributed by atoms with Gasteiger partial charge in [-0.05, 0) is 54.3 Å². The van der Waals surface area contributed by atoms with E-state index in [1.165, 1.54) is 11.8 Å². The lowest BCUT2D eigenvalue weighted by molar-refractivity contribution is -0.146. The largest absolute Gasteiger partial charge is 0.494 e. The summed E-state index contributed by atoms with van der Waals surface area (Å²) in [5.41, 5.74) is 5.41. The highest BCUT2D eigenvalue weighted by Gasteiger charge is 2.25. The second-order valence-electron chi connectivity index (χ2n) is 5.95. The minimum Gasteiger partial charge on any atom is -0.494 e. The third kappa shape index (κ3) is 4.27. The van der Waals surface area contributed by atoms with Crippen LogP contribution in [0.25, 0.3) is 0 Å². The van der Waals surface area contributed by atoms with Crippen molar-refractivity contribution in [2.24, 2.45) is 5.10 Å². The van der Waals surface area contributed by atoms with E-state index in [-0.39, 0.29) is 0 Å². The second-order valence-corrected chi connectivity index (χ2v) is 5.95. The summed E-state index contributed by atoms with van der Waals surface area (Å²) in [4.78, 5) is 25.9. The summed E-state index contributed by atoms with van der Waals surface area (Å²) in [5, 5.41) is 3.86. The van der Waals surface area contributed by atoms with E-state index >= 15 is 0 Å². The summed E-state index contributed by atoms with van der Waals surface area (Å²) < 4.78 is 5.36. The monoisotopic (exact) mass is 351 g/mol. The number of hydrogen-bond donors (Lipinski definition) is 1. The van der Waals surface area contributed by atoms with E-state index in [1.807, 2.05) is 49.4 Å². The van der Waals surface area contributed by atoms with Gasteiger partial charge in [0.25, 0.3) is 0 Å². The number of hydrazone groups is 1. The van der Waals surface area contributed by atoms with E-state index in [9.17, 15) is 9.59 Å². The van der Waals surface area contributed by atoms with Crippen LogP contribution in [0.2, 0.25) is 0 Å². The molecule has 0 bridgehead atoms. The number of hydrogen-bond acceptors (Lipinski definition) is 4. The fourth-order valence-corrected chi connectivity index (χ4v) is 2.84. The molecule has 0 fully saturated rings. The Morgan fingerprint density at radius 3 is 2.62 bits per heavy atom. The number of rotatable bonds is 4. The Morgan fingerprint density at radius 1 is 1.15 bits per heavy atom. The van der Waals surface area contributed by atoms with E-state index in [2.05, 4.69) is 16.6 Å². The van der Waals surface area contributed by atoms with Gasteiger partial charge in [-0.1, -0.05) is 24.3 Å². The number of fused-ring (bicyclic) bond motifs is 1. The molecular formula is C20H21N3O3. The van der Waals surface area contributed by atoms with Gasteiger partial charge in [0.2, 0.25) is 0 Å². The van der Waals surface area contributed by atoms with E-state index in [0.29, 0.717) is 19.7 Å². The first-order valence-corrected chi connectivity index (χ1v) is 8.59. The maximum atomic E-state index is 12.3. The standard InChI is InChI=1S/C20H21N3O3/c1-2-26-18-9-7-15(8-10-18)13-21-22-19(24)20(25)23-12-11-16-5-3-4-6-17(16)14-23/h3-10,13H,2,11-12,14H2,1H3,(H,22,24)/b21-13-. The summed E-state index contributed by atoms with van der Waals surface area (Å²) in [7, 11) is 0. The zero-order valence-corrected chi connectivity index (χ0v) is 14.6. The van der Waals surface area contributed by atoms with Gasteiger partial charge in [0, 0.05) is 13.1 Å². The molecule has 0 atom stereocenters. The maximum Gasteiger partial charge on any atom is 0.329 e. The van der Waals surface area contributed by atoms with Gasteiger partial charge in [-0.3, -0.25) is 9.59 Å². The van der Waals surface area contributed by atoms with Gasteiger partial charge in [0.05, 0.1) is 12.8 Å². The molecule has 1 aliphatic heterocycles. The van der Waals surface area contributed by atoms with Crippen LogP contribution in [0.3, 0.4) is 0 Å². The van der Waals surface area contributed by atoms with Crippen LogP contribution >= 0.6 is 0 Å². The van der Waals surface area contributed by atoms with Crippen LogP contribution in [0.15, 0.2) is 53.6 Å². The molecule has 134 valence electrons. The zero-order chi connectivity index (χ0) is 18.4. The van der Waals surface area contributed by atoms with Crippen molar-refractivity contribution < 1.29 is 14.3 Å². The number of amides is 2. The van der Waals surface area contributed by atoms with Crippen molar-refractivity contribution >= 4 is 18.0 Å². The number of ether oxygens (including phenoxy) is 1. The first kappa shape index (κ1) is 17.7. The minimum atomic E-state index is -0.730. The smallest absolute Gasteiger partial charge is 0.329 e. The molecule has 1 aliphatic rings. The zero-order valence-electron chi connectivity index (χ0n) is 14.6. The van der Waals surface area contributed by atoms with Crippen LogP contribution in [0.1, 0.15) is 23.6 Å². The number of nitrogens with one attached hydrogen (secondary N) is 1. The first-order valence-electron chi connectivity index (χ1n) is 8.59. The fraction of sp³-hybridized carbons (Fsp3) is 0.250. The topological polar surface area (TPSA) is 71.0 Å². The second kappa shape index (κ2) is 8.29. The highest BCUT2D eigenvalue weighted by molar-refractivity contribution is 6.35. The normalized spacial score (nSPS) is 13.3. The number of benzene rings is 2. The molecule has 1 N–H and O–H groups in total. The summed E-state index contributed by atoms with van der Waals surface area (Å²) in [6.45, 7) is 3.51. The molecule has 0 aromatic heterocycles. The van der Waals surface area contributed by atoms with Crippen LogP contribution in [-0.4, -0.2) is 36.1 Å². The Bertz CT molecular complexity index is 815. The van der Waals surface area contributed by atoms with E-state index < -0.39 is 11.8 Å². The SMILES string of the molecule is CCOc1ccc(/C=N\NC(=O)C(=O)N2CCc3ccccc3C2)cc1. The first-order chi connectivity index (χ1) is 12.7. The van der Waals surface area contributed by atoms with Gasteiger partial charge >= 0.3 is 11.8 Å². The molecule has 0 saturated carbocycles. The molecule has 3 rings (SSSR count). The summed E-state index contributed by atoms with van der Waals surface area (Å²) >= 11 is 0. The molecule has 2 aromatic rings. The van der Waals surface area contributed by atoms with Gasteiger partial charge < -0.3 is 9.64 Å². The summed E-state index contributed by atoms with van der Waals surface area (Å²) in [6.07, 6.45) is 2.25. The van der Waals surface area contributed by atoms with Crippen molar-refractivity contribution in [2.45, 2.75) is 19.9 Å². The molecule has 1 heterocycles. The molecule has 2 aromatic carbocycles. The van der Waals surface area contributed by atoms with Gasteiger partial charge in [-0.2, -0.15) is 5.10 Å². The molecule has 0 radical (unpaired) electrons. The van der Waals surface area contributed by atoms with Gasteiger partial charge in [-0.25, -0.2) is 5.43 Å². The van der Waals surface area contributed by atoms with E-state index in [1.54, 1.807) is 4.90 Å². The summed E-state index contributed by atoms with van der Waals surface area (Å²) in [6, 6.07) is 15.3. The highest BCUT2D eigenvalue weighted by atomic mass is 16.5. The van der Waals surface area contributed by atoms with Crippen molar-refractivity contribution in [3.8, 4) is 5.75 Å². The Morgan fingerprint density at radius 2 is 1.88 bits per heavy atom. The van der Waals surface area contributed by atoms with Crippen LogP contribution in [0, 0.1) is 0 Å². The van der Waals surface area contributed by atoms with Gasteiger partial charge in [-0.15, -0.1) is 0 Å². The van der Waals surface area contributed by atoms with Crippen LogP contribution in [-0.2, 0) is 22.6 Å². The average molecular weight is 351 g/mol. The predicted molar refractivity (Wildman–Crippen MR) is 98.9 cm³/mol. The Kier molecular flexibility index (Phi) is 5.63. The van der Waals surface area contributed by atoms with Crippen molar-refractivity contribution in [1.29, 1.82) is 0 Å². The molecule has 0 unspecified atom stereocenters. The van der Waals surface area contributed by atoms with Crippen molar-refractivity contribution in [3.05, 3.63) is 65.2 Å². The lowest BCUT2D eigenvalue weighted by atomic mass is 10.00. The van der Waals surface area contributed by atoms with Gasteiger partial charge in [0.15, 0.2) is 0 Å². The third-order valence-corrected chi connectivity index (χ3v) is 4.18. The van der Waals surface area contributed by atoms with Crippen LogP contribution in [0.4, 0.5) is 0 Å². The molecule has 0 saturated heterocycles. The van der Waals surface area contributed by atoms with Gasteiger partial charge in [0.1, 0.15) is 5.75 Å². The van der Waals surface area contributed by atoms with Crippen molar-refractivity contribution in [3.63, 3.8) is 0 Å². The van der Waals surface area contributed by atoms with Crippen molar-refractivity contribution in [1.82, 2.24) is 10.3 Å². The molecule has 6 nitrogen and oxygen atoms in total. The van der Waals surface area contributed by atoms with E-state index in [4.69, 9.17) is 4.74 Å². The Labute approximate surface area is 152 Å². The molecule has 2 amide bonds. The van der Waals surface area contributed by atoms with Crippen LogP contribution in [0.5, 0.6) is 5.75 Å². The quantitative estimate of drug-likeness (QED) is 0.521. The highest BCUT2D eigenvalue weighted by Crippen LogP contribution is 2.18. The summed E-state index contributed by atoms with van der Waals surface area (Å²) in [5.74, 6) is -0.524. The minimum absolute atomic E-state index is 0.449. The molecular weight excluding hydrogens is 330 g/mol. The van der Waals surface area contributed by atoms with E-state index in [0.717, 1.165) is 23.3 Å². The molecule has 6 heteroatoms. The average Bonchev–Trinajstić information content (AvgIpc) is 2.68. The predicted octanol–water partition coefficient (Wildman–Crippen LogP) is 2.12. The molecule has 26 heavy (non-hydrogen) atoms.